The molecule has 0 amide bonds. The molecular formula is C24H26O5. The molecule has 0 aliphatic rings. The average molecular weight is 394 g/mol. The Hall–Kier alpha value is -3.08. The monoisotopic (exact) mass is 394 g/mol. The van der Waals surface area contributed by atoms with Gasteiger partial charge in [0.05, 0.1) is 12.0 Å². The van der Waals surface area contributed by atoms with Crippen LogP contribution in [0.25, 0.3) is 22.3 Å². The zero-order valence-electron chi connectivity index (χ0n) is 17.5. The van der Waals surface area contributed by atoms with Crippen LogP contribution < -0.4 is 10.2 Å². The lowest BCUT2D eigenvalue weighted by molar-refractivity contribution is -0.145. The van der Waals surface area contributed by atoms with Gasteiger partial charge in [0, 0.05) is 5.56 Å². The van der Waals surface area contributed by atoms with Crippen LogP contribution in [-0.2, 0) is 14.9 Å². The summed E-state index contributed by atoms with van der Waals surface area (Å²) in [5.41, 5.74) is 3.02. The van der Waals surface area contributed by atoms with Gasteiger partial charge in [-0.1, -0.05) is 51.1 Å². The van der Waals surface area contributed by atoms with Gasteiger partial charge in [0.1, 0.15) is 5.58 Å². The second-order valence-electron chi connectivity index (χ2n) is 8.01. The van der Waals surface area contributed by atoms with Crippen LogP contribution in [-0.4, -0.2) is 19.2 Å². The number of ether oxygens (including phenoxy) is 2. The fourth-order valence-corrected chi connectivity index (χ4v) is 3.06. The van der Waals surface area contributed by atoms with Gasteiger partial charge in [0.2, 0.25) is 11.2 Å². The van der Waals surface area contributed by atoms with E-state index in [0.717, 1.165) is 11.1 Å². The number of rotatable bonds is 5. The fraction of sp³-hybridized carbons (Fsp3) is 0.333. The minimum atomic E-state index is -0.537. The van der Waals surface area contributed by atoms with E-state index in [1.807, 2.05) is 43.3 Å². The minimum absolute atomic E-state index is 0.00308. The zero-order chi connectivity index (χ0) is 21.2. The third-order valence-corrected chi connectivity index (χ3v) is 4.66. The van der Waals surface area contributed by atoms with E-state index in [1.54, 1.807) is 13.0 Å². The largest absolute Gasteiger partial charge is 0.474 e. The molecule has 1 aromatic heterocycles. The fourth-order valence-electron chi connectivity index (χ4n) is 3.06. The van der Waals surface area contributed by atoms with Crippen LogP contribution in [0.1, 0.15) is 38.8 Å². The molecule has 3 rings (SSSR count). The summed E-state index contributed by atoms with van der Waals surface area (Å²) in [6.07, 6.45) is 0. The summed E-state index contributed by atoms with van der Waals surface area (Å²) in [7, 11) is 0. The van der Waals surface area contributed by atoms with Crippen LogP contribution in [0.2, 0.25) is 0 Å². The van der Waals surface area contributed by atoms with Gasteiger partial charge in [-0.25, -0.2) is 4.79 Å². The standard InChI is InChI=1S/C24H26O5/c1-6-27-20(25)14-28-23-21(26)18-12-7-15(2)13-19(18)29-22(23)16-8-10-17(11-9-16)24(3,4)5/h7-13H,6,14H2,1-5H3. The second-order valence-corrected chi connectivity index (χ2v) is 8.01. The maximum Gasteiger partial charge on any atom is 0.344 e. The second kappa shape index (κ2) is 8.11. The molecule has 5 heteroatoms. The first-order valence-corrected chi connectivity index (χ1v) is 9.67. The summed E-state index contributed by atoms with van der Waals surface area (Å²) in [6.45, 7) is 9.94. The first-order valence-electron chi connectivity index (χ1n) is 9.67. The average Bonchev–Trinajstić information content (AvgIpc) is 2.66. The predicted octanol–water partition coefficient (Wildman–Crippen LogP) is 5.01. The van der Waals surface area contributed by atoms with Crippen LogP contribution in [0, 0.1) is 6.92 Å². The Labute approximate surface area is 170 Å². The van der Waals surface area contributed by atoms with E-state index in [2.05, 4.69) is 20.8 Å². The molecule has 0 spiro atoms. The molecule has 0 radical (unpaired) electrons. The first kappa shape index (κ1) is 20.6. The Morgan fingerprint density at radius 2 is 1.76 bits per heavy atom. The molecule has 3 aromatic rings. The zero-order valence-corrected chi connectivity index (χ0v) is 17.5. The van der Waals surface area contributed by atoms with Crippen molar-refractivity contribution in [2.45, 2.75) is 40.0 Å². The van der Waals surface area contributed by atoms with Crippen molar-refractivity contribution >= 4 is 16.9 Å². The van der Waals surface area contributed by atoms with Gasteiger partial charge in [-0.05, 0) is 42.5 Å². The molecular weight excluding hydrogens is 368 g/mol. The number of carbonyl (C=O) groups excluding carboxylic acids is 1. The maximum atomic E-state index is 13.1. The molecule has 0 saturated carbocycles. The minimum Gasteiger partial charge on any atom is -0.474 e. The SMILES string of the molecule is CCOC(=O)COc1c(-c2ccc(C(C)(C)C)cc2)oc2cc(C)ccc2c1=O. The third kappa shape index (κ3) is 4.50. The summed E-state index contributed by atoms with van der Waals surface area (Å²) in [4.78, 5) is 24.9. The highest BCUT2D eigenvalue weighted by atomic mass is 16.6. The van der Waals surface area contributed by atoms with E-state index in [0.29, 0.717) is 22.3 Å². The quantitative estimate of drug-likeness (QED) is 0.569. The van der Waals surface area contributed by atoms with Gasteiger partial charge in [-0.3, -0.25) is 4.79 Å². The number of fused-ring (bicyclic) bond motifs is 1. The molecule has 2 aromatic carbocycles. The highest BCUT2D eigenvalue weighted by molar-refractivity contribution is 5.83. The molecule has 0 aliphatic heterocycles. The number of aryl methyl sites for hydroxylation is 1. The van der Waals surface area contributed by atoms with E-state index in [9.17, 15) is 9.59 Å². The lowest BCUT2D eigenvalue weighted by Gasteiger charge is -2.19. The number of hydrogen-bond acceptors (Lipinski definition) is 5. The van der Waals surface area contributed by atoms with Crippen LogP contribution in [0.15, 0.2) is 51.7 Å². The Bertz CT molecular complexity index is 1090. The molecule has 1 heterocycles. The van der Waals surface area contributed by atoms with Crippen molar-refractivity contribution in [1.82, 2.24) is 0 Å². The summed E-state index contributed by atoms with van der Waals surface area (Å²) in [5.74, 6) is -0.222. The Morgan fingerprint density at radius 1 is 1.07 bits per heavy atom. The van der Waals surface area contributed by atoms with Gasteiger partial charge in [0.15, 0.2) is 12.4 Å². The lowest BCUT2D eigenvalue weighted by Crippen LogP contribution is -2.19. The Balaban J connectivity index is 2.13. The highest BCUT2D eigenvalue weighted by Gasteiger charge is 2.20. The van der Waals surface area contributed by atoms with Crippen molar-refractivity contribution in [3.05, 3.63) is 63.8 Å². The highest BCUT2D eigenvalue weighted by Crippen LogP contribution is 2.33. The van der Waals surface area contributed by atoms with Crippen molar-refractivity contribution in [3.63, 3.8) is 0 Å². The van der Waals surface area contributed by atoms with Crippen molar-refractivity contribution in [2.75, 3.05) is 13.2 Å². The number of benzene rings is 2. The lowest BCUT2D eigenvalue weighted by atomic mass is 9.86. The number of esters is 1. The van der Waals surface area contributed by atoms with Crippen molar-refractivity contribution in [2.24, 2.45) is 0 Å². The van der Waals surface area contributed by atoms with Gasteiger partial charge < -0.3 is 13.9 Å². The molecule has 29 heavy (non-hydrogen) atoms. The van der Waals surface area contributed by atoms with Crippen molar-refractivity contribution < 1.29 is 18.7 Å². The molecule has 0 bridgehead atoms. The van der Waals surface area contributed by atoms with Crippen LogP contribution in [0.3, 0.4) is 0 Å². The first-order chi connectivity index (χ1) is 13.7. The molecule has 5 nitrogen and oxygen atoms in total. The normalized spacial score (nSPS) is 11.5. The van der Waals surface area contributed by atoms with E-state index >= 15 is 0 Å². The van der Waals surface area contributed by atoms with E-state index in [4.69, 9.17) is 13.9 Å². The van der Waals surface area contributed by atoms with Crippen LogP contribution in [0.4, 0.5) is 0 Å². The van der Waals surface area contributed by atoms with Gasteiger partial charge in [-0.2, -0.15) is 0 Å². The van der Waals surface area contributed by atoms with Crippen LogP contribution >= 0.6 is 0 Å². The van der Waals surface area contributed by atoms with E-state index in [-0.39, 0.29) is 29.8 Å². The summed E-state index contributed by atoms with van der Waals surface area (Å²) in [6, 6.07) is 13.2. The number of hydrogen-bond donors (Lipinski definition) is 0. The van der Waals surface area contributed by atoms with Gasteiger partial charge in [-0.15, -0.1) is 0 Å². The molecule has 0 fully saturated rings. The van der Waals surface area contributed by atoms with Crippen molar-refractivity contribution in [1.29, 1.82) is 0 Å². The summed E-state index contributed by atoms with van der Waals surface area (Å²) in [5, 5.41) is 0.407. The van der Waals surface area contributed by atoms with Crippen LogP contribution in [0.5, 0.6) is 5.75 Å². The Morgan fingerprint density at radius 3 is 2.38 bits per heavy atom. The van der Waals surface area contributed by atoms with E-state index in [1.165, 1.54) is 0 Å². The van der Waals surface area contributed by atoms with Gasteiger partial charge >= 0.3 is 5.97 Å². The molecule has 0 N–H and O–H groups in total. The smallest absolute Gasteiger partial charge is 0.344 e. The third-order valence-electron chi connectivity index (χ3n) is 4.66. The molecule has 0 saturated heterocycles. The molecule has 152 valence electrons. The number of carbonyl (C=O) groups is 1. The topological polar surface area (TPSA) is 65.7 Å². The maximum absolute atomic E-state index is 13.1. The van der Waals surface area contributed by atoms with Crippen molar-refractivity contribution in [3.8, 4) is 17.1 Å². The van der Waals surface area contributed by atoms with E-state index < -0.39 is 5.97 Å². The predicted molar refractivity (Wildman–Crippen MR) is 113 cm³/mol. The molecule has 0 atom stereocenters. The summed E-state index contributed by atoms with van der Waals surface area (Å²) >= 11 is 0. The molecule has 0 aliphatic carbocycles. The van der Waals surface area contributed by atoms with Gasteiger partial charge in [0.25, 0.3) is 0 Å². The summed E-state index contributed by atoms with van der Waals surface area (Å²) < 4.78 is 16.6. The molecule has 0 unspecified atom stereocenters. The Kier molecular flexibility index (Phi) is 5.78.